The van der Waals surface area contributed by atoms with Crippen LogP contribution < -0.4 is 5.32 Å². The van der Waals surface area contributed by atoms with Gasteiger partial charge in [0.1, 0.15) is 0 Å². The Bertz CT molecular complexity index is 279. The molecular weight excluding hydrogens is 234 g/mol. The van der Waals surface area contributed by atoms with E-state index in [4.69, 9.17) is 4.74 Å². The van der Waals surface area contributed by atoms with Gasteiger partial charge in [0.05, 0.1) is 5.60 Å². The SMILES string of the molecule is CC1CCCC(NC2CCOC3(CCCCC3)C2)C1. The summed E-state index contributed by atoms with van der Waals surface area (Å²) >= 11 is 0. The van der Waals surface area contributed by atoms with Crippen LogP contribution >= 0.6 is 0 Å². The van der Waals surface area contributed by atoms with Crippen molar-refractivity contribution in [2.75, 3.05) is 6.61 Å². The topological polar surface area (TPSA) is 21.3 Å². The summed E-state index contributed by atoms with van der Waals surface area (Å²) in [5, 5.41) is 3.98. The molecule has 2 saturated carbocycles. The maximum Gasteiger partial charge on any atom is 0.0697 e. The van der Waals surface area contributed by atoms with Crippen LogP contribution in [-0.4, -0.2) is 24.3 Å². The molecule has 2 heteroatoms. The first-order chi connectivity index (χ1) is 9.26. The van der Waals surface area contributed by atoms with Crippen LogP contribution in [0.5, 0.6) is 0 Å². The molecule has 1 aliphatic heterocycles. The van der Waals surface area contributed by atoms with Gasteiger partial charge in [-0.1, -0.05) is 39.0 Å². The lowest BCUT2D eigenvalue weighted by atomic mass is 9.77. The van der Waals surface area contributed by atoms with E-state index in [2.05, 4.69) is 12.2 Å². The summed E-state index contributed by atoms with van der Waals surface area (Å²) in [5.74, 6) is 0.926. The summed E-state index contributed by atoms with van der Waals surface area (Å²) in [4.78, 5) is 0. The van der Waals surface area contributed by atoms with Gasteiger partial charge in [0.15, 0.2) is 0 Å². The molecule has 3 fully saturated rings. The Morgan fingerprint density at radius 1 is 0.947 bits per heavy atom. The molecule has 1 heterocycles. The second kappa shape index (κ2) is 6.13. The Kier molecular flexibility index (Phi) is 4.48. The van der Waals surface area contributed by atoms with Gasteiger partial charge in [0, 0.05) is 18.7 Å². The largest absolute Gasteiger partial charge is 0.375 e. The third kappa shape index (κ3) is 3.52. The zero-order valence-corrected chi connectivity index (χ0v) is 12.6. The fourth-order valence-corrected chi connectivity index (χ4v) is 4.63. The minimum Gasteiger partial charge on any atom is -0.375 e. The molecule has 0 aromatic heterocycles. The molecule has 110 valence electrons. The van der Waals surface area contributed by atoms with Gasteiger partial charge in [-0.25, -0.2) is 0 Å². The zero-order chi connectivity index (χ0) is 13.1. The van der Waals surface area contributed by atoms with E-state index < -0.39 is 0 Å². The second-order valence-electron chi connectivity index (χ2n) is 7.42. The average molecular weight is 265 g/mol. The number of rotatable bonds is 2. The van der Waals surface area contributed by atoms with Crippen molar-refractivity contribution in [3.8, 4) is 0 Å². The monoisotopic (exact) mass is 265 g/mol. The average Bonchev–Trinajstić information content (AvgIpc) is 2.40. The Hall–Kier alpha value is -0.0800. The van der Waals surface area contributed by atoms with Crippen molar-refractivity contribution < 1.29 is 4.74 Å². The van der Waals surface area contributed by atoms with Crippen molar-refractivity contribution in [2.45, 2.75) is 95.2 Å². The van der Waals surface area contributed by atoms with E-state index in [1.54, 1.807) is 0 Å². The summed E-state index contributed by atoms with van der Waals surface area (Å²) in [6, 6.07) is 1.51. The summed E-state index contributed by atoms with van der Waals surface area (Å²) in [7, 11) is 0. The lowest BCUT2D eigenvalue weighted by Crippen LogP contribution is -2.51. The predicted molar refractivity (Wildman–Crippen MR) is 79.3 cm³/mol. The van der Waals surface area contributed by atoms with Crippen LogP contribution in [0.2, 0.25) is 0 Å². The van der Waals surface area contributed by atoms with E-state index in [0.717, 1.165) is 24.6 Å². The van der Waals surface area contributed by atoms with Gasteiger partial charge in [-0.3, -0.25) is 0 Å². The van der Waals surface area contributed by atoms with Crippen LogP contribution in [0.3, 0.4) is 0 Å². The van der Waals surface area contributed by atoms with Crippen LogP contribution in [0.4, 0.5) is 0 Å². The molecule has 3 unspecified atom stereocenters. The van der Waals surface area contributed by atoms with Gasteiger partial charge in [-0.2, -0.15) is 0 Å². The summed E-state index contributed by atoms with van der Waals surface area (Å²) in [6.07, 6.45) is 15.0. The molecule has 0 aromatic rings. The molecule has 3 aliphatic rings. The third-order valence-corrected chi connectivity index (χ3v) is 5.67. The lowest BCUT2D eigenvalue weighted by molar-refractivity contribution is -0.110. The zero-order valence-electron chi connectivity index (χ0n) is 12.6. The molecule has 0 aromatic carbocycles. The van der Waals surface area contributed by atoms with Crippen molar-refractivity contribution >= 4 is 0 Å². The molecule has 3 rings (SSSR count). The highest BCUT2D eigenvalue weighted by Crippen LogP contribution is 2.39. The third-order valence-electron chi connectivity index (χ3n) is 5.67. The minimum absolute atomic E-state index is 0.258. The van der Waals surface area contributed by atoms with E-state index in [-0.39, 0.29) is 5.60 Å². The molecule has 0 amide bonds. The van der Waals surface area contributed by atoms with Gasteiger partial charge >= 0.3 is 0 Å². The van der Waals surface area contributed by atoms with E-state index >= 15 is 0 Å². The summed E-state index contributed by atoms with van der Waals surface area (Å²) < 4.78 is 6.21. The molecule has 2 aliphatic carbocycles. The van der Waals surface area contributed by atoms with Crippen molar-refractivity contribution in [3.63, 3.8) is 0 Å². The molecule has 0 bridgehead atoms. The maximum absolute atomic E-state index is 6.21. The van der Waals surface area contributed by atoms with Crippen molar-refractivity contribution in [3.05, 3.63) is 0 Å². The number of hydrogen-bond acceptors (Lipinski definition) is 2. The molecule has 3 atom stereocenters. The second-order valence-corrected chi connectivity index (χ2v) is 7.42. The van der Waals surface area contributed by atoms with Gasteiger partial charge in [0.25, 0.3) is 0 Å². The van der Waals surface area contributed by atoms with Crippen LogP contribution in [-0.2, 0) is 4.74 Å². The van der Waals surface area contributed by atoms with E-state index in [1.165, 1.54) is 70.6 Å². The minimum atomic E-state index is 0.258. The van der Waals surface area contributed by atoms with Crippen molar-refractivity contribution in [1.29, 1.82) is 0 Å². The number of hydrogen-bond donors (Lipinski definition) is 1. The van der Waals surface area contributed by atoms with Gasteiger partial charge in [-0.05, 0) is 44.4 Å². The highest BCUT2D eigenvalue weighted by molar-refractivity contribution is 4.93. The molecule has 1 N–H and O–H groups in total. The molecule has 1 spiro atoms. The van der Waals surface area contributed by atoms with Crippen molar-refractivity contribution in [1.82, 2.24) is 5.32 Å². The smallest absolute Gasteiger partial charge is 0.0697 e. The van der Waals surface area contributed by atoms with Gasteiger partial charge in [-0.15, -0.1) is 0 Å². The van der Waals surface area contributed by atoms with Crippen LogP contribution in [0.15, 0.2) is 0 Å². The maximum atomic E-state index is 6.21. The first kappa shape index (κ1) is 13.9. The lowest BCUT2D eigenvalue weighted by Gasteiger charge is -2.45. The highest BCUT2D eigenvalue weighted by atomic mass is 16.5. The van der Waals surface area contributed by atoms with E-state index in [9.17, 15) is 0 Å². The van der Waals surface area contributed by atoms with E-state index in [1.807, 2.05) is 0 Å². The first-order valence-corrected chi connectivity index (χ1v) is 8.66. The highest BCUT2D eigenvalue weighted by Gasteiger charge is 2.39. The molecule has 1 saturated heterocycles. The number of nitrogens with one attached hydrogen (secondary N) is 1. The van der Waals surface area contributed by atoms with Crippen molar-refractivity contribution in [2.24, 2.45) is 5.92 Å². The molecule has 0 radical (unpaired) electrons. The quantitative estimate of drug-likeness (QED) is 0.813. The molecule has 19 heavy (non-hydrogen) atoms. The van der Waals surface area contributed by atoms with Crippen LogP contribution in [0.25, 0.3) is 0 Å². The fourth-order valence-electron chi connectivity index (χ4n) is 4.63. The normalized spacial score (nSPS) is 39.3. The van der Waals surface area contributed by atoms with Gasteiger partial charge < -0.3 is 10.1 Å². The standard InChI is InChI=1S/C17H31NO/c1-14-6-5-7-15(12-14)18-16-8-11-19-17(13-16)9-3-2-4-10-17/h14-16,18H,2-13H2,1H3. The Labute approximate surface area is 118 Å². The fraction of sp³-hybridized carbons (Fsp3) is 1.00. The Morgan fingerprint density at radius 2 is 1.79 bits per heavy atom. The predicted octanol–water partition coefficient (Wildman–Crippen LogP) is 4.04. The summed E-state index contributed by atoms with van der Waals surface area (Å²) in [5.41, 5.74) is 0.258. The number of ether oxygens (including phenoxy) is 1. The molecule has 2 nitrogen and oxygen atoms in total. The Balaban J connectivity index is 1.53. The van der Waals surface area contributed by atoms with E-state index in [0.29, 0.717) is 0 Å². The van der Waals surface area contributed by atoms with Gasteiger partial charge in [0.2, 0.25) is 0 Å². The van der Waals surface area contributed by atoms with Crippen LogP contribution in [0.1, 0.15) is 77.6 Å². The summed E-state index contributed by atoms with van der Waals surface area (Å²) in [6.45, 7) is 3.40. The Morgan fingerprint density at radius 3 is 2.58 bits per heavy atom. The molecular formula is C17H31NO. The van der Waals surface area contributed by atoms with Crippen LogP contribution in [0, 0.1) is 5.92 Å². The first-order valence-electron chi connectivity index (χ1n) is 8.66.